The average molecular weight is 340 g/mol. The number of likely N-dealkylation sites (tertiary alicyclic amines) is 1. The zero-order valence-electron chi connectivity index (χ0n) is 14.4. The fraction of sp³-hybridized carbons (Fsp3) is 0.611. The monoisotopic (exact) mass is 339 g/mol. The maximum atomic E-state index is 12.3. The third kappa shape index (κ3) is 5.79. The lowest BCUT2D eigenvalue weighted by atomic mass is 9.92. The average Bonchev–Trinajstić information content (AvgIpc) is 2.49. The number of hydrogen-bond acceptors (Lipinski definition) is 3. The van der Waals surface area contributed by atoms with Crippen LogP contribution in [-0.4, -0.2) is 36.5 Å². The van der Waals surface area contributed by atoms with E-state index in [9.17, 15) is 4.79 Å². The second-order valence-corrected chi connectivity index (χ2v) is 6.82. The van der Waals surface area contributed by atoms with Crippen LogP contribution in [0, 0.1) is 5.92 Å². The first kappa shape index (κ1) is 19.9. The van der Waals surface area contributed by atoms with E-state index in [0.29, 0.717) is 31.0 Å². The number of halogens is 1. The van der Waals surface area contributed by atoms with Gasteiger partial charge in [0.15, 0.2) is 0 Å². The van der Waals surface area contributed by atoms with Crippen molar-refractivity contribution in [2.75, 3.05) is 25.0 Å². The van der Waals surface area contributed by atoms with Crippen molar-refractivity contribution in [2.45, 2.75) is 45.6 Å². The normalized spacial score (nSPS) is 21.8. The topological polar surface area (TPSA) is 58.4 Å². The van der Waals surface area contributed by atoms with Crippen LogP contribution in [0.5, 0.6) is 0 Å². The van der Waals surface area contributed by atoms with E-state index in [-0.39, 0.29) is 18.3 Å². The molecule has 0 spiro atoms. The molecule has 0 aliphatic carbocycles. The molecule has 5 heteroatoms. The Morgan fingerprint density at radius 1 is 1.43 bits per heavy atom. The first-order valence-corrected chi connectivity index (χ1v) is 8.33. The van der Waals surface area contributed by atoms with Crippen molar-refractivity contribution in [1.82, 2.24) is 4.90 Å². The predicted molar refractivity (Wildman–Crippen MR) is 99.2 cm³/mol. The number of benzene rings is 1. The molecule has 2 rings (SSSR count). The molecule has 23 heavy (non-hydrogen) atoms. The van der Waals surface area contributed by atoms with Crippen LogP contribution in [0.3, 0.4) is 0 Å². The van der Waals surface area contributed by atoms with Gasteiger partial charge in [0.25, 0.3) is 0 Å². The Morgan fingerprint density at radius 3 is 2.83 bits per heavy atom. The van der Waals surface area contributed by atoms with E-state index in [1.807, 2.05) is 12.1 Å². The molecule has 1 aromatic rings. The third-order valence-corrected chi connectivity index (χ3v) is 4.56. The smallest absolute Gasteiger partial charge is 0.238 e. The molecule has 1 heterocycles. The highest BCUT2D eigenvalue weighted by molar-refractivity contribution is 5.92. The van der Waals surface area contributed by atoms with Crippen LogP contribution in [0.25, 0.3) is 0 Å². The molecule has 1 aliphatic rings. The number of carbonyl (C=O) groups excluding carboxylic acids is 1. The highest BCUT2D eigenvalue weighted by Gasteiger charge is 2.26. The number of hydrogen-bond donors (Lipinski definition) is 2. The number of anilines is 1. The van der Waals surface area contributed by atoms with Crippen molar-refractivity contribution in [2.24, 2.45) is 11.7 Å². The Hall–Kier alpha value is -1.10. The second-order valence-electron chi connectivity index (χ2n) is 6.82. The summed E-state index contributed by atoms with van der Waals surface area (Å²) in [7, 11) is 0. The summed E-state index contributed by atoms with van der Waals surface area (Å²) in [6, 6.07) is 8.42. The van der Waals surface area contributed by atoms with Gasteiger partial charge in [0, 0.05) is 18.3 Å². The summed E-state index contributed by atoms with van der Waals surface area (Å²) < 4.78 is 0. The Kier molecular flexibility index (Phi) is 8.03. The van der Waals surface area contributed by atoms with Crippen molar-refractivity contribution in [1.29, 1.82) is 0 Å². The van der Waals surface area contributed by atoms with Crippen LogP contribution >= 0.6 is 12.4 Å². The molecule has 1 saturated heterocycles. The molecule has 2 atom stereocenters. The third-order valence-electron chi connectivity index (χ3n) is 4.56. The van der Waals surface area contributed by atoms with Crippen LogP contribution in [0.1, 0.15) is 45.1 Å². The summed E-state index contributed by atoms with van der Waals surface area (Å²) in [6.45, 7) is 8.59. The van der Waals surface area contributed by atoms with Gasteiger partial charge in [-0.25, -0.2) is 0 Å². The van der Waals surface area contributed by atoms with Gasteiger partial charge in [0.1, 0.15) is 0 Å². The van der Waals surface area contributed by atoms with E-state index >= 15 is 0 Å². The summed E-state index contributed by atoms with van der Waals surface area (Å²) in [4.78, 5) is 14.5. The van der Waals surface area contributed by atoms with E-state index < -0.39 is 0 Å². The molecular weight excluding hydrogens is 310 g/mol. The number of amides is 1. The minimum absolute atomic E-state index is 0. The molecule has 2 unspecified atom stereocenters. The molecule has 0 aromatic heterocycles. The van der Waals surface area contributed by atoms with E-state index in [1.54, 1.807) is 0 Å². The largest absolute Gasteiger partial charge is 0.329 e. The fourth-order valence-electron chi connectivity index (χ4n) is 3.11. The van der Waals surface area contributed by atoms with Gasteiger partial charge >= 0.3 is 0 Å². The molecule has 130 valence electrons. The zero-order valence-corrected chi connectivity index (χ0v) is 15.2. The standard InChI is InChI=1S/C18H29N3O.ClH/c1-13(2)15-5-4-6-16(10-15)20-18(22)12-21-8-7-14(3)9-17(21)11-19;/h4-6,10,13-14,17H,7-9,11-12,19H2,1-3H3,(H,20,22);1H. The van der Waals surface area contributed by atoms with Crippen molar-refractivity contribution in [3.8, 4) is 0 Å². The van der Waals surface area contributed by atoms with Crippen LogP contribution in [0.4, 0.5) is 5.69 Å². The van der Waals surface area contributed by atoms with E-state index in [4.69, 9.17) is 5.73 Å². The highest BCUT2D eigenvalue weighted by Crippen LogP contribution is 2.22. The number of carbonyl (C=O) groups is 1. The Morgan fingerprint density at radius 2 is 2.17 bits per heavy atom. The van der Waals surface area contributed by atoms with Gasteiger partial charge < -0.3 is 11.1 Å². The van der Waals surface area contributed by atoms with Crippen molar-refractivity contribution < 1.29 is 4.79 Å². The van der Waals surface area contributed by atoms with Gasteiger partial charge in [-0.1, -0.05) is 32.9 Å². The lowest BCUT2D eigenvalue weighted by Gasteiger charge is -2.37. The minimum atomic E-state index is 0. The minimum Gasteiger partial charge on any atom is -0.329 e. The maximum absolute atomic E-state index is 12.3. The number of rotatable bonds is 5. The second kappa shape index (κ2) is 9.26. The SMILES string of the molecule is CC1CCN(CC(=O)Nc2cccc(C(C)C)c2)C(CN)C1.Cl. The first-order valence-electron chi connectivity index (χ1n) is 8.33. The van der Waals surface area contributed by atoms with Gasteiger partial charge in [-0.05, 0) is 48.9 Å². The van der Waals surface area contributed by atoms with Gasteiger partial charge in [0.2, 0.25) is 5.91 Å². The Balaban J connectivity index is 0.00000264. The maximum Gasteiger partial charge on any atom is 0.238 e. The number of nitrogens with two attached hydrogens (primary N) is 1. The number of piperidine rings is 1. The van der Waals surface area contributed by atoms with Crippen molar-refractivity contribution >= 4 is 24.0 Å². The first-order chi connectivity index (χ1) is 10.5. The number of nitrogens with one attached hydrogen (secondary N) is 1. The lowest BCUT2D eigenvalue weighted by molar-refractivity contribution is -0.118. The fourth-order valence-corrected chi connectivity index (χ4v) is 3.11. The zero-order chi connectivity index (χ0) is 16.1. The molecule has 1 aliphatic heterocycles. The quantitative estimate of drug-likeness (QED) is 0.865. The number of nitrogens with zero attached hydrogens (tertiary/aromatic N) is 1. The summed E-state index contributed by atoms with van der Waals surface area (Å²) in [5.41, 5.74) is 7.98. The van der Waals surface area contributed by atoms with Gasteiger partial charge in [-0.2, -0.15) is 0 Å². The predicted octanol–water partition coefficient (Wildman–Crippen LogP) is 3.23. The lowest BCUT2D eigenvalue weighted by Crippen LogP contribution is -2.49. The Labute approximate surface area is 146 Å². The van der Waals surface area contributed by atoms with Crippen LogP contribution in [-0.2, 0) is 4.79 Å². The van der Waals surface area contributed by atoms with E-state index in [2.05, 4.69) is 43.1 Å². The van der Waals surface area contributed by atoms with Crippen molar-refractivity contribution in [3.63, 3.8) is 0 Å². The summed E-state index contributed by atoms with van der Waals surface area (Å²) >= 11 is 0. The van der Waals surface area contributed by atoms with E-state index in [0.717, 1.165) is 25.1 Å². The van der Waals surface area contributed by atoms with Crippen LogP contribution < -0.4 is 11.1 Å². The summed E-state index contributed by atoms with van der Waals surface area (Å²) in [5.74, 6) is 1.21. The van der Waals surface area contributed by atoms with Gasteiger partial charge in [-0.3, -0.25) is 9.69 Å². The van der Waals surface area contributed by atoms with Gasteiger partial charge in [-0.15, -0.1) is 12.4 Å². The van der Waals surface area contributed by atoms with Gasteiger partial charge in [0.05, 0.1) is 6.54 Å². The highest BCUT2D eigenvalue weighted by atomic mass is 35.5. The molecule has 1 aromatic carbocycles. The van der Waals surface area contributed by atoms with Crippen LogP contribution in [0.2, 0.25) is 0 Å². The van der Waals surface area contributed by atoms with Crippen molar-refractivity contribution in [3.05, 3.63) is 29.8 Å². The Bertz CT molecular complexity index is 507. The molecule has 0 saturated carbocycles. The molecule has 1 amide bonds. The molecule has 1 fully saturated rings. The summed E-state index contributed by atoms with van der Waals surface area (Å²) in [6.07, 6.45) is 2.24. The molecule has 0 radical (unpaired) electrons. The molecule has 0 bridgehead atoms. The molecule has 3 N–H and O–H groups in total. The summed E-state index contributed by atoms with van der Waals surface area (Å²) in [5, 5.41) is 3.02. The van der Waals surface area contributed by atoms with Crippen LogP contribution in [0.15, 0.2) is 24.3 Å². The van der Waals surface area contributed by atoms with E-state index in [1.165, 1.54) is 5.56 Å². The molecule has 4 nitrogen and oxygen atoms in total. The molecular formula is C18H30ClN3O.